The summed E-state index contributed by atoms with van der Waals surface area (Å²) in [6.07, 6.45) is -0.345. The van der Waals surface area contributed by atoms with E-state index in [1.54, 1.807) is 0 Å². The predicted molar refractivity (Wildman–Crippen MR) is 69.5 cm³/mol. The number of aliphatic carboxylic acids is 2. The molecule has 2 rings (SSSR count). The second-order valence-electron chi connectivity index (χ2n) is 4.52. The molecule has 1 unspecified atom stereocenters. The zero-order chi connectivity index (χ0) is 16.5. The summed E-state index contributed by atoms with van der Waals surface area (Å²) in [5.41, 5.74) is 2.03. The van der Waals surface area contributed by atoms with Crippen LogP contribution in [0.2, 0.25) is 0 Å². The van der Waals surface area contributed by atoms with Gasteiger partial charge >= 0.3 is 11.9 Å². The van der Waals surface area contributed by atoms with E-state index in [0.717, 1.165) is 6.26 Å². The maximum atomic E-state index is 11.3. The van der Waals surface area contributed by atoms with Crippen LogP contribution in [0.3, 0.4) is 0 Å². The first-order chi connectivity index (χ1) is 10.3. The Balaban J connectivity index is 2.59. The lowest BCUT2D eigenvalue weighted by atomic mass is 9.85. The first kappa shape index (κ1) is 15.3. The van der Waals surface area contributed by atoms with E-state index in [9.17, 15) is 24.6 Å². The molecule has 0 aromatic heterocycles. The molecule has 5 N–H and O–H groups in total. The van der Waals surface area contributed by atoms with Crippen molar-refractivity contribution in [1.82, 2.24) is 0 Å². The molecule has 116 valence electrons. The van der Waals surface area contributed by atoms with Crippen LogP contribution >= 0.6 is 0 Å². The van der Waals surface area contributed by atoms with Gasteiger partial charge in [-0.25, -0.2) is 4.79 Å². The van der Waals surface area contributed by atoms with Crippen molar-refractivity contribution in [3.05, 3.63) is 35.6 Å². The zero-order valence-corrected chi connectivity index (χ0v) is 11.0. The summed E-state index contributed by atoms with van der Waals surface area (Å²) in [7, 11) is 0. The molecule has 0 spiro atoms. The van der Waals surface area contributed by atoms with Gasteiger partial charge < -0.3 is 21.1 Å². The van der Waals surface area contributed by atoms with Crippen molar-refractivity contribution in [2.24, 2.45) is 5.73 Å². The fraction of sp³-hybridized carbons (Fsp3) is 0.154. The molecule has 1 aliphatic rings. The molecule has 0 fully saturated rings. The maximum Gasteiger partial charge on any atom is 0.341 e. The monoisotopic (exact) mass is 309 g/mol. The molecule has 1 amide bonds. The summed E-state index contributed by atoms with van der Waals surface area (Å²) in [4.78, 5) is 42.8. The van der Waals surface area contributed by atoms with Gasteiger partial charge in [0.1, 0.15) is 6.26 Å². The van der Waals surface area contributed by atoms with Crippen LogP contribution in [-0.4, -0.2) is 38.8 Å². The molecule has 1 aliphatic heterocycles. The second kappa shape index (κ2) is 5.37. The number of amides is 1. The highest BCUT2D eigenvalue weighted by Gasteiger charge is 2.45. The van der Waals surface area contributed by atoms with Crippen LogP contribution in [0, 0.1) is 0 Å². The number of nitrogens with two attached hydrogens (primary N) is 1. The minimum absolute atomic E-state index is 0.00583. The van der Waals surface area contributed by atoms with E-state index in [-0.39, 0.29) is 22.4 Å². The molecule has 0 bridgehead atoms. The molecule has 0 radical (unpaired) electrons. The largest absolute Gasteiger partial charge is 0.481 e. The Morgan fingerprint density at radius 2 is 1.91 bits per heavy atom. The number of hydrogen-bond donors (Lipinski definition) is 4. The van der Waals surface area contributed by atoms with E-state index in [1.807, 2.05) is 0 Å². The van der Waals surface area contributed by atoms with Gasteiger partial charge in [-0.05, 0) is 18.2 Å². The number of fused-ring (bicyclic) bond motifs is 1. The second-order valence-corrected chi connectivity index (χ2v) is 4.52. The Morgan fingerprint density at radius 1 is 1.23 bits per heavy atom. The number of benzene rings is 1. The topological polar surface area (TPSA) is 156 Å². The molecule has 1 aromatic rings. The van der Waals surface area contributed by atoms with Crippen molar-refractivity contribution >= 4 is 23.4 Å². The Kier molecular flexibility index (Phi) is 3.74. The number of carboxylic acids is 2. The van der Waals surface area contributed by atoms with Gasteiger partial charge in [0, 0.05) is 16.7 Å². The SMILES string of the molecule is NC(=O)c1ccc2c(c1)C(C(O)(CC(=O)O)C(=O)O)=COO2. The van der Waals surface area contributed by atoms with Crippen molar-refractivity contribution in [1.29, 1.82) is 0 Å². The first-order valence-electron chi connectivity index (χ1n) is 5.91. The van der Waals surface area contributed by atoms with E-state index in [4.69, 9.17) is 15.7 Å². The minimum Gasteiger partial charge on any atom is -0.481 e. The lowest BCUT2D eigenvalue weighted by Gasteiger charge is -2.27. The third-order valence-corrected chi connectivity index (χ3v) is 3.06. The van der Waals surface area contributed by atoms with E-state index < -0.39 is 29.9 Å². The number of carbonyl (C=O) groups is 3. The first-order valence-corrected chi connectivity index (χ1v) is 5.91. The van der Waals surface area contributed by atoms with Gasteiger partial charge in [-0.1, -0.05) is 0 Å². The average Bonchev–Trinajstić information content (AvgIpc) is 2.44. The Labute approximate surface area is 123 Å². The van der Waals surface area contributed by atoms with Gasteiger partial charge in [0.15, 0.2) is 5.75 Å². The van der Waals surface area contributed by atoms with Gasteiger partial charge in [-0.3, -0.25) is 19.4 Å². The summed E-state index contributed by atoms with van der Waals surface area (Å²) in [6.45, 7) is 0. The quantitative estimate of drug-likeness (QED) is 0.542. The Hall–Kier alpha value is -3.07. The predicted octanol–water partition coefficient (Wildman–Crippen LogP) is -0.259. The zero-order valence-electron chi connectivity index (χ0n) is 11.0. The summed E-state index contributed by atoms with van der Waals surface area (Å²) in [5, 5.41) is 28.3. The van der Waals surface area contributed by atoms with Gasteiger partial charge in [0.2, 0.25) is 11.5 Å². The van der Waals surface area contributed by atoms with Crippen molar-refractivity contribution in [2.45, 2.75) is 12.0 Å². The molecule has 1 heterocycles. The standard InChI is InChI=1S/C13H11NO8/c14-11(17)6-1-2-9-7(3-6)8(5-21-22-9)13(20,12(18)19)4-10(15)16/h1-3,5,20H,4H2,(H2,14,17)(H,15,16)(H,18,19). The Morgan fingerprint density at radius 3 is 2.45 bits per heavy atom. The molecule has 9 heteroatoms. The fourth-order valence-corrected chi connectivity index (χ4v) is 1.98. The Bertz CT molecular complexity index is 695. The highest BCUT2D eigenvalue weighted by Crippen LogP contribution is 2.39. The summed E-state index contributed by atoms with van der Waals surface area (Å²) >= 11 is 0. The van der Waals surface area contributed by atoms with Crippen LogP contribution in [0.15, 0.2) is 24.5 Å². The van der Waals surface area contributed by atoms with Gasteiger partial charge in [0.25, 0.3) is 0 Å². The van der Waals surface area contributed by atoms with Crippen molar-refractivity contribution < 1.29 is 39.5 Å². The van der Waals surface area contributed by atoms with Crippen LogP contribution in [0.4, 0.5) is 0 Å². The molecule has 1 atom stereocenters. The number of primary amides is 1. The smallest absolute Gasteiger partial charge is 0.341 e. The van der Waals surface area contributed by atoms with Gasteiger partial charge in [-0.2, -0.15) is 0 Å². The maximum absolute atomic E-state index is 11.3. The van der Waals surface area contributed by atoms with Gasteiger partial charge in [0.05, 0.1) is 6.42 Å². The number of hydrogen-bond acceptors (Lipinski definition) is 6. The number of aliphatic hydroxyl groups is 1. The van der Waals surface area contributed by atoms with Crippen LogP contribution in [-0.2, 0) is 14.5 Å². The summed E-state index contributed by atoms with van der Waals surface area (Å²) < 4.78 is 0. The fourth-order valence-electron chi connectivity index (χ4n) is 1.98. The summed E-state index contributed by atoms with van der Waals surface area (Å²) in [6, 6.07) is 3.78. The van der Waals surface area contributed by atoms with E-state index >= 15 is 0 Å². The van der Waals surface area contributed by atoms with E-state index in [0.29, 0.717) is 0 Å². The third-order valence-electron chi connectivity index (χ3n) is 3.06. The highest BCUT2D eigenvalue weighted by atomic mass is 17.2. The van der Waals surface area contributed by atoms with Crippen LogP contribution in [0.5, 0.6) is 5.75 Å². The van der Waals surface area contributed by atoms with Crippen molar-refractivity contribution in [2.75, 3.05) is 0 Å². The highest BCUT2D eigenvalue weighted by molar-refractivity contribution is 6.01. The lowest BCUT2D eigenvalue weighted by Crippen LogP contribution is -2.42. The lowest BCUT2D eigenvalue weighted by molar-refractivity contribution is -0.164. The number of carboxylic acid groups (broad SMARTS) is 2. The van der Waals surface area contributed by atoms with E-state index in [1.165, 1.54) is 18.2 Å². The van der Waals surface area contributed by atoms with Crippen LogP contribution in [0.25, 0.3) is 5.57 Å². The van der Waals surface area contributed by atoms with Crippen molar-refractivity contribution in [3.63, 3.8) is 0 Å². The van der Waals surface area contributed by atoms with E-state index in [2.05, 4.69) is 4.89 Å². The van der Waals surface area contributed by atoms with Gasteiger partial charge in [-0.15, -0.1) is 0 Å². The molecule has 0 saturated carbocycles. The molecule has 9 nitrogen and oxygen atoms in total. The molecule has 0 saturated heterocycles. The molecular formula is C13H11NO8. The number of rotatable bonds is 5. The summed E-state index contributed by atoms with van der Waals surface area (Å²) in [5.74, 6) is -4.11. The normalized spacial score (nSPS) is 15.4. The molecule has 1 aromatic carbocycles. The number of carbonyl (C=O) groups excluding carboxylic acids is 1. The third kappa shape index (κ3) is 2.56. The minimum atomic E-state index is -2.76. The van der Waals surface area contributed by atoms with Crippen LogP contribution < -0.4 is 10.6 Å². The average molecular weight is 309 g/mol. The van der Waals surface area contributed by atoms with Crippen LogP contribution in [0.1, 0.15) is 22.3 Å². The van der Waals surface area contributed by atoms with Crippen molar-refractivity contribution in [3.8, 4) is 5.75 Å². The molecular weight excluding hydrogens is 298 g/mol. The molecule has 0 aliphatic carbocycles. The molecule has 22 heavy (non-hydrogen) atoms.